The van der Waals surface area contributed by atoms with Crippen molar-refractivity contribution in [3.05, 3.63) is 12.2 Å². The lowest BCUT2D eigenvalue weighted by Gasteiger charge is -2.65. The third-order valence-electron chi connectivity index (χ3n) is 10.9. The van der Waals surface area contributed by atoms with Gasteiger partial charge in [0.1, 0.15) is 18.0 Å². The molecule has 6 nitrogen and oxygen atoms in total. The van der Waals surface area contributed by atoms with E-state index in [0.29, 0.717) is 18.3 Å². The molecule has 10 atom stereocenters. The summed E-state index contributed by atoms with van der Waals surface area (Å²) in [6, 6.07) is 0.260. The van der Waals surface area contributed by atoms with E-state index in [1.807, 2.05) is 0 Å². The highest BCUT2D eigenvalue weighted by Crippen LogP contribution is 2.83. The summed E-state index contributed by atoms with van der Waals surface area (Å²) >= 11 is 0. The molecule has 6 rings (SSSR count). The molecule has 6 heteroatoms. The van der Waals surface area contributed by atoms with Gasteiger partial charge in [-0.3, -0.25) is 19.3 Å². The van der Waals surface area contributed by atoms with Gasteiger partial charge in [0.05, 0.1) is 0 Å². The van der Waals surface area contributed by atoms with Gasteiger partial charge in [0.25, 0.3) is 0 Å². The molecular formula is C26H35NO5. The number of likely N-dealkylation sites (tertiary alicyclic amines) is 1. The summed E-state index contributed by atoms with van der Waals surface area (Å²) < 4.78 is 12.2. The van der Waals surface area contributed by atoms with Gasteiger partial charge in [-0.25, -0.2) is 0 Å². The van der Waals surface area contributed by atoms with Crippen molar-refractivity contribution >= 4 is 17.7 Å². The minimum absolute atomic E-state index is 0.0643. The third-order valence-corrected chi connectivity index (χ3v) is 10.9. The molecule has 174 valence electrons. The molecule has 0 amide bonds. The van der Waals surface area contributed by atoms with Crippen molar-refractivity contribution in [1.82, 2.24) is 4.90 Å². The predicted octanol–water partition coefficient (Wildman–Crippen LogP) is 3.14. The first-order chi connectivity index (χ1) is 15.1. The molecule has 5 aliphatic carbocycles. The van der Waals surface area contributed by atoms with E-state index in [1.165, 1.54) is 13.8 Å². The number of Topliss-reactive ketones (excluding diaryl/α,β-unsaturated/α-hetero) is 1. The van der Waals surface area contributed by atoms with Crippen LogP contribution in [-0.2, 0) is 23.9 Å². The Morgan fingerprint density at radius 3 is 2.56 bits per heavy atom. The zero-order chi connectivity index (χ0) is 22.8. The summed E-state index contributed by atoms with van der Waals surface area (Å²) in [5, 5.41) is 0. The van der Waals surface area contributed by atoms with Gasteiger partial charge < -0.3 is 9.47 Å². The number of rotatable bonds is 3. The van der Waals surface area contributed by atoms with Crippen molar-refractivity contribution in [2.75, 3.05) is 13.1 Å². The Hall–Kier alpha value is -1.69. The number of piperidine rings is 1. The summed E-state index contributed by atoms with van der Waals surface area (Å²) in [4.78, 5) is 40.5. The van der Waals surface area contributed by atoms with Gasteiger partial charge in [-0.1, -0.05) is 20.4 Å². The van der Waals surface area contributed by atoms with Crippen LogP contribution in [0.25, 0.3) is 0 Å². The van der Waals surface area contributed by atoms with Crippen molar-refractivity contribution in [3.8, 4) is 0 Å². The molecule has 0 aromatic carbocycles. The Morgan fingerprint density at radius 2 is 1.91 bits per heavy atom. The highest BCUT2D eigenvalue weighted by molar-refractivity contribution is 5.87. The second-order valence-corrected chi connectivity index (χ2v) is 11.8. The molecule has 0 aromatic rings. The zero-order valence-electron chi connectivity index (χ0n) is 19.7. The first-order valence-electron chi connectivity index (χ1n) is 12.4. The smallest absolute Gasteiger partial charge is 0.303 e. The van der Waals surface area contributed by atoms with E-state index >= 15 is 0 Å². The van der Waals surface area contributed by atoms with Crippen molar-refractivity contribution < 1.29 is 23.9 Å². The Bertz CT molecular complexity index is 945. The molecule has 5 saturated carbocycles. The van der Waals surface area contributed by atoms with Crippen molar-refractivity contribution in [3.63, 3.8) is 0 Å². The van der Waals surface area contributed by atoms with Crippen LogP contribution in [0.5, 0.6) is 0 Å². The van der Waals surface area contributed by atoms with Crippen LogP contribution >= 0.6 is 0 Å². The fourth-order valence-electron chi connectivity index (χ4n) is 10.4. The normalized spacial score (nSPS) is 52.7. The number of ether oxygens (including phenoxy) is 2. The van der Waals surface area contributed by atoms with E-state index in [2.05, 4.69) is 25.3 Å². The maximum atomic E-state index is 13.4. The summed E-state index contributed by atoms with van der Waals surface area (Å²) in [6.07, 6.45) is 3.62. The molecule has 1 saturated heterocycles. The summed E-state index contributed by atoms with van der Waals surface area (Å²) in [6.45, 7) is 13.9. The highest BCUT2D eigenvalue weighted by Gasteiger charge is 2.86. The predicted molar refractivity (Wildman–Crippen MR) is 116 cm³/mol. The number of fused-ring (bicyclic) bond motifs is 1. The van der Waals surface area contributed by atoms with E-state index in [-0.39, 0.29) is 57.9 Å². The highest BCUT2D eigenvalue weighted by atomic mass is 16.5. The molecule has 6 aliphatic rings. The lowest BCUT2D eigenvalue weighted by atomic mass is 9.43. The second-order valence-electron chi connectivity index (χ2n) is 11.8. The first-order valence-corrected chi connectivity index (χ1v) is 12.4. The Balaban J connectivity index is 1.59. The summed E-state index contributed by atoms with van der Waals surface area (Å²) in [7, 11) is 0. The van der Waals surface area contributed by atoms with Crippen molar-refractivity contribution in [2.24, 2.45) is 39.9 Å². The fourth-order valence-corrected chi connectivity index (χ4v) is 10.4. The largest absolute Gasteiger partial charge is 0.462 e. The number of hydrogen-bond donors (Lipinski definition) is 0. The van der Waals surface area contributed by atoms with E-state index in [9.17, 15) is 14.4 Å². The molecule has 7 bridgehead atoms. The Morgan fingerprint density at radius 1 is 1.19 bits per heavy atom. The van der Waals surface area contributed by atoms with E-state index in [1.54, 1.807) is 0 Å². The van der Waals surface area contributed by atoms with Gasteiger partial charge in [-0.05, 0) is 61.0 Å². The monoisotopic (exact) mass is 441 g/mol. The molecule has 6 fully saturated rings. The van der Waals surface area contributed by atoms with Crippen molar-refractivity contribution in [1.29, 1.82) is 0 Å². The third kappa shape index (κ3) is 2.10. The number of carbonyl (C=O) groups excluding carboxylic acids is 3. The lowest BCUT2D eigenvalue weighted by Crippen LogP contribution is -2.69. The standard InChI is InChI=1S/C26H35NO5/c1-6-27-12-24(5)8-7-21(31-14(3)28)26-19(24)9-17(22(26)27)25-11-16(18(30)10-20(25)26)13(2)23(25)32-15(4)29/h16-17,19-23H,2,6-12H2,1,3-5H3/t16-,17-,19+,20+,21?,22+,23+,24-,25-,26?/m0/s1. The van der Waals surface area contributed by atoms with E-state index < -0.39 is 6.10 Å². The zero-order valence-corrected chi connectivity index (χ0v) is 19.7. The van der Waals surface area contributed by atoms with Crippen LogP contribution < -0.4 is 0 Å². The van der Waals surface area contributed by atoms with Crippen LogP contribution in [0, 0.1) is 39.9 Å². The average Bonchev–Trinajstić information content (AvgIpc) is 3.24. The maximum Gasteiger partial charge on any atom is 0.303 e. The second kappa shape index (κ2) is 6.25. The maximum absolute atomic E-state index is 13.4. The number of nitrogens with zero attached hydrogens (tertiary/aromatic N) is 1. The molecule has 32 heavy (non-hydrogen) atoms. The average molecular weight is 442 g/mol. The lowest BCUT2D eigenvalue weighted by molar-refractivity contribution is -0.224. The molecule has 0 N–H and O–H groups in total. The van der Waals surface area contributed by atoms with Crippen LogP contribution in [0.3, 0.4) is 0 Å². The van der Waals surface area contributed by atoms with Gasteiger partial charge in [0.15, 0.2) is 0 Å². The van der Waals surface area contributed by atoms with E-state index in [0.717, 1.165) is 44.3 Å². The van der Waals surface area contributed by atoms with Crippen LogP contribution in [0.1, 0.15) is 59.8 Å². The number of carbonyl (C=O) groups is 3. The molecule has 0 radical (unpaired) electrons. The van der Waals surface area contributed by atoms with Crippen LogP contribution in [0.4, 0.5) is 0 Å². The molecule has 0 aromatic heterocycles. The first kappa shape index (κ1) is 20.9. The molecule has 1 aliphatic heterocycles. The van der Waals surface area contributed by atoms with Gasteiger partial charge in [-0.2, -0.15) is 0 Å². The van der Waals surface area contributed by atoms with E-state index in [4.69, 9.17) is 9.47 Å². The molecule has 2 spiro atoms. The summed E-state index contributed by atoms with van der Waals surface area (Å²) in [5.74, 6) is 0.322. The number of ketones is 1. The van der Waals surface area contributed by atoms with Gasteiger partial charge in [0, 0.05) is 49.6 Å². The Kier molecular flexibility index (Phi) is 4.08. The number of hydrogen-bond acceptors (Lipinski definition) is 6. The van der Waals surface area contributed by atoms with Gasteiger partial charge in [-0.15, -0.1) is 0 Å². The topological polar surface area (TPSA) is 72.9 Å². The molecular weight excluding hydrogens is 406 g/mol. The van der Waals surface area contributed by atoms with Gasteiger partial charge in [0.2, 0.25) is 0 Å². The van der Waals surface area contributed by atoms with Crippen molar-refractivity contribution in [2.45, 2.75) is 78.0 Å². The molecule has 1 heterocycles. The SMILES string of the molecule is C=C1[C@@H]2C[C@]3([C@@H]1OC(C)=O)[C@H]1C[C@H]4C5(C(OC(C)=O)CC[C@@]4(C)CN(CC)[C@H]15)[C@@H]3CC2=O. The minimum Gasteiger partial charge on any atom is -0.462 e. The number of esters is 2. The Labute approximate surface area is 190 Å². The fraction of sp³-hybridized carbons (Fsp3) is 0.808. The minimum atomic E-state index is -0.405. The quantitative estimate of drug-likeness (QED) is 0.495. The molecule has 2 unspecified atom stereocenters. The summed E-state index contributed by atoms with van der Waals surface area (Å²) in [5.41, 5.74) is 0.446. The van der Waals surface area contributed by atoms with Crippen LogP contribution in [-0.4, -0.2) is 54.0 Å². The van der Waals surface area contributed by atoms with Crippen LogP contribution in [0.15, 0.2) is 12.2 Å². The van der Waals surface area contributed by atoms with Gasteiger partial charge >= 0.3 is 11.9 Å². The van der Waals surface area contributed by atoms with Crippen LogP contribution in [0.2, 0.25) is 0 Å².